The lowest BCUT2D eigenvalue weighted by Crippen LogP contribution is -2.30. The van der Waals surface area contributed by atoms with Crippen LogP contribution in [0, 0.1) is 0 Å². The van der Waals surface area contributed by atoms with Crippen molar-refractivity contribution >= 4 is 11.8 Å². The number of hydrogen-bond donors (Lipinski definition) is 0. The Balaban J connectivity index is 1.41. The second-order valence-corrected chi connectivity index (χ2v) is 7.87. The van der Waals surface area contributed by atoms with Gasteiger partial charge in [-0.1, -0.05) is 81.9 Å². The molecular weight excluding hydrogens is 374 g/mol. The van der Waals surface area contributed by atoms with Gasteiger partial charge in [-0.05, 0) is 50.7 Å². The largest absolute Gasteiger partial charge is 0.285 e. The van der Waals surface area contributed by atoms with Gasteiger partial charge < -0.3 is 0 Å². The zero-order valence-corrected chi connectivity index (χ0v) is 18.5. The van der Waals surface area contributed by atoms with E-state index in [-0.39, 0.29) is 11.8 Å². The second-order valence-electron chi connectivity index (χ2n) is 7.87. The number of amides is 2. The molecule has 0 saturated carbocycles. The molecule has 30 heavy (non-hydrogen) atoms. The number of carbonyl (C=O) groups is 2. The molecule has 1 aliphatic rings. The third-order valence-electron chi connectivity index (χ3n) is 5.32. The zero-order valence-electron chi connectivity index (χ0n) is 18.5. The van der Waals surface area contributed by atoms with Gasteiger partial charge in [-0.25, -0.2) is 0 Å². The van der Waals surface area contributed by atoms with Crippen LogP contribution in [-0.2, 0) is 4.84 Å². The van der Waals surface area contributed by atoms with Gasteiger partial charge in [0.1, 0.15) is 0 Å². The monoisotopic (exact) mass is 411 g/mol. The van der Waals surface area contributed by atoms with E-state index in [0.717, 1.165) is 37.2 Å². The lowest BCUT2D eigenvalue weighted by atomic mass is 10.1. The van der Waals surface area contributed by atoms with E-state index in [1.54, 1.807) is 24.3 Å². The van der Waals surface area contributed by atoms with E-state index in [4.69, 9.17) is 4.84 Å². The van der Waals surface area contributed by atoms with Crippen molar-refractivity contribution in [2.45, 2.75) is 84.0 Å². The summed E-state index contributed by atoms with van der Waals surface area (Å²) in [6, 6.07) is 6.85. The molecule has 0 N–H and O–H groups in total. The normalized spacial score (nSPS) is 13.8. The highest BCUT2D eigenvalue weighted by molar-refractivity contribution is 6.20. The van der Waals surface area contributed by atoms with E-state index < -0.39 is 0 Å². The maximum atomic E-state index is 12.2. The van der Waals surface area contributed by atoms with Gasteiger partial charge in [0.25, 0.3) is 11.8 Å². The number of hydrogen-bond acceptors (Lipinski definition) is 3. The molecule has 0 saturated heterocycles. The molecule has 4 heteroatoms. The van der Waals surface area contributed by atoms with Gasteiger partial charge in [0.15, 0.2) is 0 Å². The van der Waals surface area contributed by atoms with Crippen molar-refractivity contribution in [2.24, 2.45) is 0 Å². The quantitative estimate of drug-likeness (QED) is 0.167. The Morgan fingerprint density at radius 3 is 1.87 bits per heavy atom. The minimum atomic E-state index is -0.351. The molecular formula is C26H37NO3. The van der Waals surface area contributed by atoms with Crippen molar-refractivity contribution in [3.05, 3.63) is 59.7 Å². The van der Waals surface area contributed by atoms with Gasteiger partial charge in [0.05, 0.1) is 17.7 Å². The van der Waals surface area contributed by atoms with Gasteiger partial charge in [0.2, 0.25) is 0 Å². The standard InChI is InChI=1S/C26H37NO3/c1-2-3-4-5-6-7-8-9-10-11-12-13-14-15-16-19-22-30-27-25(28)23-20-17-18-21-24(23)26(27)29/h6-7,9-10,17-18,20-21H,2-5,8,11-16,19,22H2,1H3. The van der Waals surface area contributed by atoms with Crippen LogP contribution >= 0.6 is 0 Å². The molecule has 0 atom stereocenters. The number of imide groups is 1. The number of carbonyl (C=O) groups excluding carboxylic acids is 2. The molecule has 0 radical (unpaired) electrons. The fourth-order valence-electron chi connectivity index (χ4n) is 3.53. The Bertz CT molecular complexity index is 673. The summed E-state index contributed by atoms with van der Waals surface area (Å²) in [5.74, 6) is -0.703. The third-order valence-corrected chi connectivity index (χ3v) is 5.32. The van der Waals surface area contributed by atoms with Gasteiger partial charge in [-0.3, -0.25) is 14.4 Å². The van der Waals surface area contributed by atoms with Gasteiger partial charge in [0, 0.05) is 0 Å². The predicted octanol–water partition coefficient (Wildman–Crippen LogP) is 7.03. The number of nitrogens with zero attached hydrogens (tertiary/aromatic N) is 1. The smallest absolute Gasteiger partial charge is 0.266 e. The second kappa shape index (κ2) is 14.7. The average Bonchev–Trinajstić information content (AvgIpc) is 3.01. The van der Waals surface area contributed by atoms with Gasteiger partial charge in [-0.15, -0.1) is 5.06 Å². The van der Waals surface area contributed by atoms with E-state index >= 15 is 0 Å². The molecule has 0 spiro atoms. The Kier molecular flexibility index (Phi) is 11.8. The fourth-order valence-corrected chi connectivity index (χ4v) is 3.53. The molecule has 2 amide bonds. The molecule has 1 aromatic carbocycles. The number of benzene rings is 1. The van der Waals surface area contributed by atoms with Crippen molar-refractivity contribution in [3.8, 4) is 0 Å². The van der Waals surface area contributed by atoms with Crippen LogP contribution < -0.4 is 0 Å². The van der Waals surface area contributed by atoms with E-state index in [2.05, 4.69) is 31.2 Å². The number of allylic oxidation sites excluding steroid dienone is 4. The predicted molar refractivity (Wildman–Crippen MR) is 122 cm³/mol. The van der Waals surface area contributed by atoms with Crippen LogP contribution in [0.2, 0.25) is 0 Å². The molecule has 2 rings (SSSR count). The van der Waals surface area contributed by atoms with Crippen molar-refractivity contribution in [2.75, 3.05) is 6.61 Å². The number of fused-ring (bicyclic) bond motifs is 1. The van der Waals surface area contributed by atoms with E-state index in [9.17, 15) is 9.59 Å². The summed E-state index contributed by atoms with van der Waals surface area (Å²) in [6.45, 7) is 2.64. The molecule has 0 bridgehead atoms. The van der Waals surface area contributed by atoms with Crippen molar-refractivity contribution in [3.63, 3.8) is 0 Å². The first kappa shape index (κ1) is 24.1. The van der Waals surface area contributed by atoms with Crippen LogP contribution in [0.15, 0.2) is 48.6 Å². The molecule has 1 aromatic rings. The topological polar surface area (TPSA) is 46.6 Å². The van der Waals surface area contributed by atoms with Crippen LogP contribution in [0.5, 0.6) is 0 Å². The number of unbranched alkanes of at least 4 members (excludes halogenated alkanes) is 9. The third kappa shape index (κ3) is 8.27. The highest BCUT2D eigenvalue weighted by atomic mass is 16.7. The van der Waals surface area contributed by atoms with Crippen LogP contribution in [0.3, 0.4) is 0 Å². The molecule has 1 aliphatic heterocycles. The molecule has 0 aromatic heterocycles. The molecule has 0 unspecified atom stereocenters. The van der Waals surface area contributed by atoms with Crippen molar-refractivity contribution in [1.29, 1.82) is 0 Å². The lowest BCUT2D eigenvalue weighted by Gasteiger charge is -2.13. The average molecular weight is 412 g/mol. The number of hydroxylamine groups is 2. The minimum absolute atomic E-state index is 0.351. The first-order valence-corrected chi connectivity index (χ1v) is 11.7. The summed E-state index contributed by atoms with van der Waals surface area (Å²) >= 11 is 0. The maximum absolute atomic E-state index is 12.2. The molecule has 1 heterocycles. The van der Waals surface area contributed by atoms with Crippen molar-refractivity contribution < 1.29 is 14.4 Å². The summed E-state index contributed by atoms with van der Waals surface area (Å²) in [4.78, 5) is 29.8. The molecule has 164 valence electrons. The van der Waals surface area contributed by atoms with Crippen LogP contribution in [0.4, 0.5) is 0 Å². The van der Waals surface area contributed by atoms with Crippen LogP contribution in [0.1, 0.15) is 105 Å². The summed E-state index contributed by atoms with van der Waals surface area (Å²) in [5.41, 5.74) is 0.860. The minimum Gasteiger partial charge on any atom is -0.266 e. The Morgan fingerprint density at radius 1 is 0.733 bits per heavy atom. The Hall–Kier alpha value is -2.20. The summed E-state index contributed by atoms with van der Waals surface area (Å²) in [5, 5.41) is 0.914. The first-order chi connectivity index (χ1) is 14.8. The lowest BCUT2D eigenvalue weighted by molar-refractivity contribution is -0.0922. The summed E-state index contributed by atoms with van der Waals surface area (Å²) in [7, 11) is 0. The number of rotatable bonds is 16. The van der Waals surface area contributed by atoms with Crippen LogP contribution in [-0.4, -0.2) is 23.5 Å². The fraction of sp³-hybridized carbons (Fsp3) is 0.538. The molecule has 0 fully saturated rings. The maximum Gasteiger partial charge on any atom is 0.285 e. The van der Waals surface area contributed by atoms with E-state index in [1.807, 2.05) is 0 Å². The summed E-state index contributed by atoms with van der Waals surface area (Å²) < 4.78 is 0. The van der Waals surface area contributed by atoms with Crippen molar-refractivity contribution in [1.82, 2.24) is 5.06 Å². The Morgan fingerprint density at radius 2 is 1.27 bits per heavy atom. The molecule has 0 aliphatic carbocycles. The highest BCUT2D eigenvalue weighted by Crippen LogP contribution is 2.22. The van der Waals surface area contributed by atoms with Crippen LogP contribution in [0.25, 0.3) is 0 Å². The van der Waals surface area contributed by atoms with Gasteiger partial charge >= 0.3 is 0 Å². The zero-order chi connectivity index (χ0) is 21.4. The van der Waals surface area contributed by atoms with E-state index in [1.165, 1.54) is 44.9 Å². The SMILES string of the molecule is CCCCCC=CCC=CCCCCCCCCON1C(=O)c2ccccc2C1=O. The Labute approximate surface area is 181 Å². The summed E-state index contributed by atoms with van der Waals surface area (Å²) in [6.07, 6.45) is 23.3. The first-order valence-electron chi connectivity index (χ1n) is 11.7. The molecule has 4 nitrogen and oxygen atoms in total. The van der Waals surface area contributed by atoms with Gasteiger partial charge in [-0.2, -0.15) is 0 Å². The van der Waals surface area contributed by atoms with E-state index in [0.29, 0.717) is 17.7 Å². The highest BCUT2D eigenvalue weighted by Gasteiger charge is 2.36.